The first-order chi connectivity index (χ1) is 9.11. The summed E-state index contributed by atoms with van der Waals surface area (Å²) in [5.41, 5.74) is 2.19. The first kappa shape index (κ1) is 14.0. The van der Waals surface area contributed by atoms with Gasteiger partial charge < -0.3 is 14.8 Å². The lowest BCUT2D eigenvalue weighted by atomic mass is 10.1. The average molecular weight is 279 g/mol. The van der Waals surface area contributed by atoms with Gasteiger partial charge in [0.2, 0.25) is 0 Å². The maximum absolute atomic E-state index is 9.34. The molecule has 2 aromatic rings. The smallest absolute Gasteiger partial charge is 0.191 e. The molecular formula is C13H17N3O2S. The predicted octanol–water partition coefficient (Wildman–Crippen LogP) is 1.24. The number of aliphatic hydroxyl groups is 2. The number of benzene rings is 1. The second kappa shape index (κ2) is 6.18. The standard InChI is InChI=1S/C13H17N3O2S/c1-9-4-3-5-10(6-9)12-14-15-13(16(12)2)19-8-11(18)7-17/h3-6,11,17-18H,7-8H2,1-2H3. The number of rotatable bonds is 5. The zero-order valence-corrected chi connectivity index (χ0v) is 11.8. The van der Waals surface area contributed by atoms with Gasteiger partial charge in [-0.1, -0.05) is 35.5 Å². The third-order valence-corrected chi connectivity index (χ3v) is 3.89. The summed E-state index contributed by atoms with van der Waals surface area (Å²) in [7, 11) is 1.89. The lowest BCUT2D eigenvalue weighted by Gasteiger charge is -2.07. The second-order valence-electron chi connectivity index (χ2n) is 4.38. The van der Waals surface area contributed by atoms with Gasteiger partial charge in [-0.25, -0.2) is 0 Å². The number of hydrogen-bond donors (Lipinski definition) is 2. The van der Waals surface area contributed by atoms with Crippen molar-refractivity contribution in [3.8, 4) is 11.4 Å². The van der Waals surface area contributed by atoms with Crippen molar-refractivity contribution >= 4 is 11.8 Å². The minimum Gasteiger partial charge on any atom is -0.394 e. The second-order valence-corrected chi connectivity index (χ2v) is 5.37. The molecule has 19 heavy (non-hydrogen) atoms. The maximum atomic E-state index is 9.34. The van der Waals surface area contributed by atoms with E-state index in [1.165, 1.54) is 17.3 Å². The molecule has 0 spiro atoms. The van der Waals surface area contributed by atoms with E-state index in [2.05, 4.69) is 16.3 Å². The number of thioether (sulfide) groups is 1. The fourth-order valence-electron chi connectivity index (χ4n) is 1.70. The Morgan fingerprint density at radius 1 is 1.37 bits per heavy atom. The minimum atomic E-state index is -0.732. The van der Waals surface area contributed by atoms with Gasteiger partial charge in [0.1, 0.15) is 0 Å². The Balaban J connectivity index is 2.18. The van der Waals surface area contributed by atoms with E-state index in [1.54, 1.807) is 0 Å². The van der Waals surface area contributed by atoms with Crippen LogP contribution in [0.1, 0.15) is 5.56 Å². The fraction of sp³-hybridized carbons (Fsp3) is 0.385. The van der Waals surface area contributed by atoms with Gasteiger partial charge >= 0.3 is 0 Å². The molecule has 0 aliphatic heterocycles. The van der Waals surface area contributed by atoms with E-state index < -0.39 is 6.10 Å². The summed E-state index contributed by atoms with van der Waals surface area (Å²) in [6.07, 6.45) is -0.732. The molecule has 2 rings (SSSR count). The number of nitrogens with zero attached hydrogens (tertiary/aromatic N) is 3. The van der Waals surface area contributed by atoms with E-state index in [1.807, 2.05) is 36.7 Å². The van der Waals surface area contributed by atoms with Crippen LogP contribution in [0.3, 0.4) is 0 Å². The molecule has 1 aromatic carbocycles. The maximum Gasteiger partial charge on any atom is 0.191 e. The van der Waals surface area contributed by atoms with Crippen LogP contribution < -0.4 is 0 Å². The fourth-order valence-corrected chi connectivity index (χ4v) is 2.53. The molecule has 1 heterocycles. The highest BCUT2D eigenvalue weighted by atomic mass is 32.2. The molecule has 1 unspecified atom stereocenters. The highest BCUT2D eigenvalue weighted by molar-refractivity contribution is 7.99. The van der Waals surface area contributed by atoms with Crippen LogP contribution in [0.2, 0.25) is 0 Å². The largest absolute Gasteiger partial charge is 0.394 e. The van der Waals surface area contributed by atoms with E-state index in [0.29, 0.717) is 5.75 Å². The Labute approximate surface area is 116 Å². The Morgan fingerprint density at radius 3 is 2.84 bits per heavy atom. The molecule has 0 saturated carbocycles. The SMILES string of the molecule is Cc1cccc(-c2nnc(SCC(O)CO)n2C)c1. The molecule has 0 bridgehead atoms. The van der Waals surface area contributed by atoms with Crippen LogP contribution in [0, 0.1) is 6.92 Å². The van der Waals surface area contributed by atoms with Crippen LogP contribution in [-0.4, -0.2) is 43.4 Å². The summed E-state index contributed by atoms with van der Waals surface area (Å²) in [5.74, 6) is 1.20. The number of aliphatic hydroxyl groups excluding tert-OH is 2. The topological polar surface area (TPSA) is 71.2 Å². The van der Waals surface area contributed by atoms with Crippen LogP contribution in [0.4, 0.5) is 0 Å². The molecule has 0 saturated heterocycles. The summed E-state index contributed by atoms with van der Waals surface area (Å²) in [4.78, 5) is 0. The third kappa shape index (κ3) is 3.34. The van der Waals surface area contributed by atoms with Crippen molar-refractivity contribution in [2.45, 2.75) is 18.2 Å². The zero-order valence-electron chi connectivity index (χ0n) is 10.9. The summed E-state index contributed by atoms with van der Waals surface area (Å²) in [6.45, 7) is 1.79. The van der Waals surface area contributed by atoms with Crippen molar-refractivity contribution in [2.24, 2.45) is 7.05 Å². The zero-order chi connectivity index (χ0) is 13.8. The first-order valence-corrected chi connectivity index (χ1v) is 6.98. The summed E-state index contributed by atoms with van der Waals surface area (Å²) in [5, 5.41) is 27.1. The Bertz CT molecular complexity index is 557. The van der Waals surface area contributed by atoms with Gasteiger partial charge in [-0.3, -0.25) is 0 Å². The van der Waals surface area contributed by atoms with Gasteiger partial charge in [-0.15, -0.1) is 10.2 Å². The van der Waals surface area contributed by atoms with Gasteiger partial charge in [-0.05, 0) is 13.0 Å². The van der Waals surface area contributed by atoms with Gasteiger partial charge in [0.15, 0.2) is 11.0 Å². The van der Waals surface area contributed by atoms with Gasteiger partial charge in [0.05, 0.1) is 12.7 Å². The van der Waals surface area contributed by atoms with E-state index in [9.17, 15) is 5.11 Å². The van der Waals surface area contributed by atoms with E-state index in [0.717, 1.165) is 16.5 Å². The molecule has 2 N–H and O–H groups in total. The Hall–Kier alpha value is -1.37. The Kier molecular flexibility index (Phi) is 4.57. The molecule has 5 nitrogen and oxygen atoms in total. The van der Waals surface area contributed by atoms with Gasteiger partial charge in [0.25, 0.3) is 0 Å². The molecule has 102 valence electrons. The minimum absolute atomic E-state index is 0.240. The molecule has 1 aromatic heterocycles. The molecule has 1 atom stereocenters. The van der Waals surface area contributed by atoms with Crippen LogP contribution in [0.25, 0.3) is 11.4 Å². The Morgan fingerprint density at radius 2 is 2.16 bits per heavy atom. The summed E-state index contributed by atoms with van der Waals surface area (Å²) < 4.78 is 1.89. The van der Waals surface area contributed by atoms with Crippen molar-refractivity contribution in [3.05, 3.63) is 29.8 Å². The molecule has 0 amide bonds. The first-order valence-electron chi connectivity index (χ1n) is 6.00. The van der Waals surface area contributed by atoms with Crippen molar-refractivity contribution in [3.63, 3.8) is 0 Å². The average Bonchev–Trinajstić information content (AvgIpc) is 2.77. The van der Waals surface area contributed by atoms with Crippen LogP contribution in [0.5, 0.6) is 0 Å². The monoisotopic (exact) mass is 279 g/mol. The molecule has 6 heteroatoms. The predicted molar refractivity (Wildman–Crippen MR) is 75.0 cm³/mol. The van der Waals surface area contributed by atoms with Gasteiger partial charge in [0, 0.05) is 18.4 Å². The molecular weight excluding hydrogens is 262 g/mol. The van der Waals surface area contributed by atoms with Crippen LogP contribution in [-0.2, 0) is 7.05 Å². The van der Waals surface area contributed by atoms with Crippen molar-refractivity contribution in [1.82, 2.24) is 14.8 Å². The van der Waals surface area contributed by atoms with E-state index in [-0.39, 0.29) is 6.61 Å². The number of aromatic nitrogens is 3. The van der Waals surface area contributed by atoms with Crippen molar-refractivity contribution in [1.29, 1.82) is 0 Å². The number of hydrogen-bond acceptors (Lipinski definition) is 5. The highest BCUT2D eigenvalue weighted by Gasteiger charge is 2.12. The lowest BCUT2D eigenvalue weighted by molar-refractivity contribution is 0.113. The summed E-state index contributed by atoms with van der Waals surface area (Å²) in [6, 6.07) is 8.07. The molecule has 0 radical (unpaired) electrons. The normalized spacial score (nSPS) is 12.6. The lowest BCUT2D eigenvalue weighted by Crippen LogP contribution is -2.15. The van der Waals surface area contributed by atoms with Crippen molar-refractivity contribution < 1.29 is 10.2 Å². The van der Waals surface area contributed by atoms with Crippen molar-refractivity contribution in [2.75, 3.05) is 12.4 Å². The van der Waals surface area contributed by atoms with Crippen LogP contribution in [0.15, 0.2) is 29.4 Å². The summed E-state index contributed by atoms with van der Waals surface area (Å²) >= 11 is 1.38. The molecule has 0 aliphatic carbocycles. The van der Waals surface area contributed by atoms with E-state index >= 15 is 0 Å². The quantitative estimate of drug-likeness (QED) is 0.806. The van der Waals surface area contributed by atoms with Gasteiger partial charge in [-0.2, -0.15) is 0 Å². The highest BCUT2D eigenvalue weighted by Crippen LogP contribution is 2.23. The van der Waals surface area contributed by atoms with Crippen LogP contribution >= 0.6 is 11.8 Å². The van der Waals surface area contributed by atoms with E-state index in [4.69, 9.17) is 5.11 Å². The number of aryl methyl sites for hydroxylation is 1. The molecule has 0 fully saturated rings. The third-order valence-electron chi connectivity index (χ3n) is 2.73. The molecule has 0 aliphatic rings.